The number of H-pyrrole nitrogens is 1. The Balaban J connectivity index is 0.000000791. The second kappa shape index (κ2) is 7.71. The SMILES string of the molecule is C=Cc1[nH]c(=S)sc1/C=C\CC.CC. The van der Waals surface area contributed by atoms with Crippen LogP contribution in [0.5, 0.6) is 0 Å². The molecule has 1 aromatic rings. The standard InChI is InChI=1S/C9H11NS2.C2H6/c1-3-5-6-8-7(4-2)10-9(11)12-8;1-2/h4-6H,2-3H2,1H3,(H,10,11);1-2H3/b6-5-;. The fourth-order valence-corrected chi connectivity index (χ4v) is 2.00. The normalized spacial score (nSPS) is 9.64. The van der Waals surface area contributed by atoms with Gasteiger partial charge in [0, 0.05) is 0 Å². The summed E-state index contributed by atoms with van der Waals surface area (Å²) in [4.78, 5) is 4.23. The molecule has 0 bridgehead atoms. The molecule has 0 fully saturated rings. The summed E-state index contributed by atoms with van der Waals surface area (Å²) in [7, 11) is 0. The Hall–Kier alpha value is -0.670. The summed E-state index contributed by atoms with van der Waals surface area (Å²) in [5.41, 5.74) is 1.02. The zero-order valence-electron chi connectivity index (χ0n) is 8.96. The van der Waals surface area contributed by atoms with Crippen LogP contribution in [0.2, 0.25) is 0 Å². The number of nitrogens with one attached hydrogen (secondary N) is 1. The molecule has 1 heterocycles. The van der Waals surface area contributed by atoms with Gasteiger partial charge in [-0.3, -0.25) is 0 Å². The van der Waals surface area contributed by atoms with Crippen molar-refractivity contribution in [3.8, 4) is 0 Å². The quantitative estimate of drug-likeness (QED) is 0.726. The summed E-state index contributed by atoms with van der Waals surface area (Å²) >= 11 is 6.60. The van der Waals surface area contributed by atoms with E-state index in [1.54, 1.807) is 17.4 Å². The van der Waals surface area contributed by atoms with Crippen molar-refractivity contribution < 1.29 is 0 Å². The molecule has 14 heavy (non-hydrogen) atoms. The highest BCUT2D eigenvalue weighted by Crippen LogP contribution is 2.18. The molecule has 0 aliphatic carbocycles. The number of aromatic nitrogens is 1. The summed E-state index contributed by atoms with van der Waals surface area (Å²) in [6, 6.07) is 0. The molecule has 0 atom stereocenters. The Morgan fingerprint density at radius 3 is 2.64 bits per heavy atom. The van der Waals surface area contributed by atoms with Gasteiger partial charge in [0.15, 0.2) is 3.95 Å². The third-order valence-electron chi connectivity index (χ3n) is 1.41. The average Bonchev–Trinajstić information content (AvgIpc) is 2.59. The van der Waals surface area contributed by atoms with E-state index in [4.69, 9.17) is 12.2 Å². The predicted molar refractivity (Wildman–Crippen MR) is 70.3 cm³/mol. The molecule has 1 nitrogen and oxygen atoms in total. The van der Waals surface area contributed by atoms with Crippen molar-refractivity contribution >= 4 is 35.7 Å². The van der Waals surface area contributed by atoms with E-state index in [0.29, 0.717) is 0 Å². The van der Waals surface area contributed by atoms with Crippen molar-refractivity contribution in [2.24, 2.45) is 0 Å². The molecule has 0 saturated carbocycles. The minimum absolute atomic E-state index is 0.806. The van der Waals surface area contributed by atoms with Gasteiger partial charge in [-0.2, -0.15) is 0 Å². The first kappa shape index (κ1) is 13.3. The van der Waals surface area contributed by atoms with Gasteiger partial charge in [0.1, 0.15) is 0 Å². The smallest absolute Gasteiger partial charge is 0.159 e. The number of hydrogen-bond acceptors (Lipinski definition) is 2. The van der Waals surface area contributed by atoms with Gasteiger partial charge in [-0.15, -0.1) is 11.3 Å². The molecule has 0 spiro atoms. The molecule has 0 radical (unpaired) electrons. The highest BCUT2D eigenvalue weighted by molar-refractivity contribution is 7.73. The molecule has 3 heteroatoms. The third-order valence-corrected chi connectivity index (χ3v) is 2.63. The monoisotopic (exact) mass is 227 g/mol. The number of rotatable bonds is 3. The maximum Gasteiger partial charge on any atom is 0.159 e. The fourth-order valence-electron chi connectivity index (χ4n) is 0.852. The van der Waals surface area contributed by atoms with Gasteiger partial charge in [-0.1, -0.05) is 33.4 Å². The van der Waals surface area contributed by atoms with Gasteiger partial charge in [0.05, 0.1) is 10.6 Å². The molecule has 0 aliphatic rings. The van der Waals surface area contributed by atoms with Gasteiger partial charge in [-0.05, 0) is 30.8 Å². The molecule has 1 aromatic heterocycles. The number of hydrogen-bond donors (Lipinski definition) is 1. The molecule has 0 unspecified atom stereocenters. The molecule has 0 amide bonds. The maximum atomic E-state index is 5.02. The average molecular weight is 227 g/mol. The summed E-state index contributed by atoms with van der Waals surface area (Å²) in [6.45, 7) is 9.82. The number of thiazole rings is 1. The molecule has 0 aliphatic heterocycles. The van der Waals surface area contributed by atoms with Crippen LogP contribution in [0, 0.1) is 3.95 Å². The van der Waals surface area contributed by atoms with Crippen LogP contribution < -0.4 is 0 Å². The van der Waals surface area contributed by atoms with Crippen molar-refractivity contribution in [3.05, 3.63) is 27.2 Å². The van der Waals surface area contributed by atoms with Gasteiger partial charge in [-0.25, -0.2) is 0 Å². The lowest BCUT2D eigenvalue weighted by molar-refractivity contribution is 1.23. The van der Waals surface area contributed by atoms with Crippen molar-refractivity contribution in [2.45, 2.75) is 27.2 Å². The van der Waals surface area contributed by atoms with E-state index < -0.39 is 0 Å². The highest BCUT2D eigenvalue weighted by Gasteiger charge is 1.97. The van der Waals surface area contributed by atoms with E-state index in [1.165, 1.54) is 0 Å². The van der Waals surface area contributed by atoms with Crippen molar-refractivity contribution in [1.29, 1.82) is 0 Å². The lowest BCUT2D eigenvalue weighted by atomic mass is 10.3. The maximum absolute atomic E-state index is 5.02. The zero-order chi connectivity index (χ0) is 11.0. The van der Waals surface area contributed by atoms with Crippen LogP contribution in [0.4, 0.5) is 0 Å². The first-order valence-electron chi connectivity index (χ1n) is 4.80. The molecule has 0 saturated heterocycles. The Morgan fingerprint density at radius 2 is 2.14 bits per heavy atom. The topological polar surface area (TPSA) is 15.8 Å². The van der Waals surface area contributed by atoms with Crippen LogP contribution in [0.1, 0.15) is 37.8 Å². The first-order chi connectivity index (χ1) is 6.77. The molecule has 0 aromatic carbocycles. The van der Waals surface area contributed by atoms with E-state index in [-0.39, 0.29) is 0 Å². The zero-order valence-corrected chi connectivity index (χ0v) is 10.6. The lowest BCUT2D eigenvalue weighted by Crippen LogP contribution is -1.72. The van der Waals surface area contributed by atoms with E-state index in [2.05, 4.69) is 30.6 Å². The van der Waals surface area contributed by atoms with Crippen LogP contribution in [-0.4, -0.2) is 4.98 Å². The first-order valence-corrected chi connectivity index (χ1v) is 6.02. The number of allylic oxidation sites excluding steroid dienone is 1. The van der Waals surface area contributed by atoms with Crippen molar-refractivity contribution in [1.82, 2.24) is 4.98 Å². The van der Waals surface area contributed by atoms with Crippen LogP contribution in [0.3, 0.4) is 0 Å². The Labute approximate surface area is 95.2 Å². The van der Waals surface area contributed by atoms with Gasteiger partial charge in [0.2, 0.25) is 0 Å². The largest absolute Gasteiger partial charge is 0.337 e. The molecule has 1 N–H and O–H groups in total. The predicted octanol–water partition coefficient (Wildman–Crippen LogP) is 4.90. The van der Waals surface area contributed by atoms with Crippen molar-refractivity contribution in [2.75, 3.05) is 0 Å². The van der Waals surface area contributed by atoms with E-state index in [9.17, 15) is 0 Å². The summed E-state index contributed by atoms with van der Waals surface area (Å²) in [5.74, 6) is 0. The summed E-state index contributed by atoms with van der Waals surface area (Å²) < 4.78 is 0.806. The van der Waals surface area contributed by atoms with Gasteiger partial charge in [0.25, 0.3) is 0 Å². The Morgan fingerprint density at radius 1 is 1.50 bits per heavy atom. The third kappa shape index (κ3) is 4.03. The second-order valence-electron chi connectivity index (χ2n) is 2.31. The second-order valence-corrected chi connectivity index (χ2v) is 4.03. The van der Waals surface area contributed by atoms with Crippen LogP contribution >= 0.6 is 23.6 Å². The van der Waals surface area contributed by atoms with Crippen LogP contribution in [0.25, 0.3) is 12.2 Å². The summed E-state index contributed by atoms with van der Waals surface area (Å²) in [5, 5.41) is 0. The van der Waals surface area contributed by atoms with E-state index >= 15 is 0 Å². The molecule has 78 valence electrons. The van der Waals surface area contributed by atoms with Crippen LogP contribution in [0.15, 0.2) is 12.7 Å². The van der Waals surface area contributed by atoms with E-state index in [1.807, 2.05) is 13.8 Å². The molecular weight excluding hydrogens is 210 g/mol. The van der Waals surface area contributed by atoms with E-state index in [0.717, 1.165) is 20.9 Å². The summed E-state index contributed by atoms with van der Waals surface area (Å²) in [6.07, 6.45) is 7.03. The van der Waals surface area contributed by atoms with Gasteiger partial charge >= 0.3 is 0 Å². The van der Waals surface area contributed by atoms with Crippen molar-refractivity contribution in [3.63, 3.8) is 0 Å². The lowest BCUT2D eigenvalue weighted by Gasteiger charge is -1.87. The Bertz CT molecular complexity index is 344. The Kier molecular flexibility index (Phi) is 7.34. The van der Waals surface area contributed by atoms with Gasteiger partial charge < -0.3 is 4.98 Å². The molecular formula is C11H17NS2. The minimum atomic E-state index is 0.806. The highest BCUT2D eigenvalue weighted by atomic mass is 32.1. The minimum Gasteiger partial charge on any atom is -0.337 e. The molecule has 1 rings (SSSR count). The fraction of sp³-hybridized carbons (Fsp3) is 0.364. The number of aromatic amines is 1. The van der Waals surface area contributed by atoms with Crippen LogP contribution in [-0.2, 0) is 0 Å².